The minimum Gasteiger partial charge on any atom is -0.486 e. The summed E-state index contributed by atoms with van der Waals surface area (Å²) in [7, 11) is 4.01. The molecule has 0 saturated carbocycles. The molecule has 5 rings (SSSR count). The van der Waals surface area contributed by atoms with Crippen LogP contribution in [0.4, 0.5) is 11.6 Å². The Kier molecular flexibility index (Phi) is 5.47. The van der Waals surface area contributed by atoms with Crippen molar-refractivity contribution in [1.82, 2.24) is 24.5 Å². The van der Waals surface area contributed by atoms with Crippen LogP contribution in [0.2, 0.25) is 0 Å². The van der Waals surface area contributed by atoms with Crippen LogP contribution in [0.15, 0.2) is 54.7 Å². The number of nitrogens with one attached hydrogen (secondary N) is 1. The smallest absolute Gasteiger partial charge is 0.247 e. The fraction of sp³-hybridized carbons (Fsp3) is 0.261. The minimum absolute atomic E-state index is 0.487. The third-order valence-electron chi connectivity index (χ3n) is 4.98. The van der Waals surface area contributed by atoms with Gasteiger partial charge in [0.2, 0.25) is 11.8 Å². The molecule has 4 heterocycles. The van der Waals surface area contributed by atoms with E-state index in [0.717, 1.165) is 40.6 Å². The van der Waals surface area contributed by atoms with Gasteiger partial charge in [-0.05, 0) is 50.5 Å². The first-order chi connectivity index (χ1) is 15.7. The van der Waals surface area contributed by atoms with E-state index < -0.39 is 0 Å². The molecule has 0 bridgehead atoms. The predicted molar refractivity (Wildman–Crippen MR) is 121 cm³/mol. The number of fused-ring (bicyclic) bond motifs is 2. The highest BCUT2D eigenvalue weighted by molar-refractivity contribution is 5.68. The number of rotatable bonds is 7. The van der Waals surface area contributed by atoms with Gasteiger partial charge in [0, 0.05) is 30.1 Å². The van der Waals surface area contributed by atoms with Crippen LogP contribution in [0.5, 0.6) is 17.4 Å². The van der Waals surface area contributed by atoms with Crippen molar-refractivity contribution in [2.24, 2.45) is 0 Å². The fourth-order valence-electron chi connectivity index (χ4n) is 3.41. The van der Waals surface area contributed by atoms with Gasteiger partial charge in [-0.2, -0.15) is 4.98 Å². The van der Waals surface area contributed by atoms with Gasteiger partial charge in [-0.25, -0.2) is 9.50 Å². The molecule has 0 spiro atoms. The summed E-state index contributed by atoms with van der Waals surface area (Å²) < 4.78 is 18.9. The largest absolute Gasteiger partial charge is 0.486 e. The fourth-order valence-corrected chi connectivity index (χ4v) is 3.41. The highest BCUT2D eigenvalue weighted by atomic mass is 16.6. The molecule has 9 heteroatoms. The number of hydrogen-bond donors (Lipinski definition) is 1. The second-order valence-corrected chi connectivity index (χ2v) is 7.63. The van der Waals surface area contributed by atoms with Crippen molar-refractivity contribution in [3.8, 4) is 28.6 Å². The van der Waals surface area contributed by atoms with Crippen molar-refractivity contribution in [3.63, 3.8) is 0 Å². The Balaban J connectivity index is 1.39. The first kappa shape index (κ1) is 20.1. The van der Waals surface area contributed by atoms with Gasteiger partial charge in [-0.15, -0.1) is 5.10 Å². The molecule has 0 fully saturated rings. The summed E-state index contributed by atoms with van der Waals surface area (Å²) in [4.78, 5) is 10.9. The van der Waals surface area contributed by atoms with Crippen molar-refractivity contribution in [3.05, 3.63) is 54.7 Å². The molecule has 0 unspecified atom stereocenters. The Labute approximate surface area is 185 Å². The van der Waals surface area contributed by atoms with Gasteiger partial charge in [0.1, 0.15) is 19.8 Å². The monoisotopic (exact) mass is 432 g/mol. The minimum atomic E-state index is 0.487. The summed E-state index contributed by atoms with van der Waals surface area (Å²) >= 11 is 0. The Hall–Kier alpha value is -3.85. The van der Waals surface area contributed by atoms with Crippen LogP contribution in [0.1, 0.15) is 0 Å². The molecule has 0 atom stereocenters. The van der Waals surface area contributed by atoms with Crippen LogP contribution in [0.25, 0.3) is 16.9 Å². The van der Waals surface area contributed by atoms with Crippen molar-refractivity contribution in [1.29, 1.82) is 0 Å². The zero-order chi connectivity index (χ0) is 21.9. The molecule has 0 saturated heterocycles. The molecule has 164 valence electrons. The third kappa shape index (κ3) is 4.28. The second kappa shape index (κ2) is 8.72. The molecular weight excluding hydrogens is 408 g/mol. The molecular formula is C23H24N6O3. The lowest BCUT2D eigenvalue weighted by Crippen LogP contribution is -2.19. The number of pyridine rings is 2. The van der Waals surface area contributed by atoms with E-state index in [-0.39, 0.29) is 0 Å². The van der Waals surface area contributed by atoms with Crippen molar-refractivity contribution >= 4 is 17.3 Å². The van der Waals surface area contributed by atoms with Crippen LogP contribution in [0.3, 0.4) is 0 Å². The lowest BCUT2D eigenvalue weighted by atomic mass is 10.1. The van der Waals surface area contributed by atoms with Gasteiger partial charge >= 0.3 is 0 Å². The molecule has 9 nitrogen and oxygen atoms in total. The van der Waals surface area contributed by atoms with Crippen LogP contribution >= 0.6 is 0 Å². The zero-order valence-electron chi connectivity index (χ0n) is 18.0. The lowest BCUT2D eigenvalue weighted by Gasteiger charge is -2.19. The zero-order valence-corrected chi connectivity index (χ0v) is 18.0. The SMILES string of the molecule is CN(C)CCOc1cc(Nc2nc3cccc(-c4ccc5c(c4)OCCO5)n3n2)ccn1. The maximum absolute atomic E-state index is 5.73. The van der Waals surface area contributed by atoms with E-state index in [9.17, 15) is 0 Å². The number of anilines is 2. The summed E-state index contributed by atoms with van der Waals surface area (Å²) in [6, 6.07) is 15.5. The number of ether oxygens (including phenoxy) is 3. The molecule has 1 N–H and O–H groups in total. The van der Waals surface area contributed by atoms with Crippen molar-refractivity contribution < 1.29 is 14.2 Å². The van der Waals surface area contributed by atoms with E-state index in [4.69, 9.17) is 14.2 Å². The molecule has 4 aromatic rings. The molecule has 3 aromatic heterocycles. The topological polar surface area (TPSA) is 86.0 Å². The number of benzene rings is 1. The molecule has 1 aliphatic rings. The Morgan fingerprint density at radius 1 is 1.06 bits per heavy atom. The van der Waals surface area contributed by atoms with Crippen LogP contribution in [-0.4, -0.2) is 64.9 Å². The van der Waals surface area contributed by atoms with Gasteiger partial charge in [0.15, 0.2) is 17.1 Å². The van der Waals surface area contributed by atoms with E-state index in [1.54, 1.807) is 6.20 Å². The number of hydrogen-bond acceptors (Lipinski definition) is 8. The van der Waals surface area contributed by atoms with E-state index in [1.165, 1.54) is 0 Å². The van der Waals surface area contributed by atoms with E-state index in [1.807, 2.05) is 67.1 Å². The summed E-state index contributed by atoms with van der Waals surface area (Å²) in [5, 5.41) is 7.91. The quantitative estimate of drug-likeness (QED) is 0.476. The predicted octanol–water partition coefficient (Wildman–Crippen LogP) is 3.25. The first-order valence-electron chi connectivity index (χ1n) is 10.4. The van der Waals surface area contributed by atoms with Crippen molar-refractivity contribution in [2.75, 3.05) is 45.8 Å². The van der Waals surface area contributed by atoms with Crippen LogP contribution < -0.4 is 19.5 Å². The average molecular weight is 432 g/mol. The average Bonchev–Trinajstić information content (AvgIpc) is 3.21. The maximum atomic E-state index is 5.73. The molecule has 0 radical (unpaired) electrons. The summed E-state index contributed by atoms with van der Waals surface area (Å²) in [6.07, 6.45) is 1.70. The van der Waals surface area contributed by atoms with Gasteiger partial charge in [-0.3, -0.25) is 0 Å². The standard InChI is InChI=1S/C23H24N6O3/c1-28(2)10-11-32-22-15-17(8-9-24-22)25-23-26-21-5-3-4-18(29(21)27-23)16-6-7-19-20(14-16)31-13-12-30-19/h3-9,14-15H,10-13H2,1-2H3,(H,24,25,27). The molecule has 0 amide bonds. The Morgan fingerprint density at radius 3 is 2.81 bits per heavy atom. The molecule has 1 aliphatic heterocycles. The van der Waals surface area contributed by atoms with Gasteiger partial charge in [0.05, 0.1) is 5.69 Å². The normalized spacial score (nSPS) is 12.8. The summed E-state index contributed by atoms with van der Waals surface area (Å²) in [5.41, 5.74) is 3.41. The maximum Gasteiger partial charge on any atom is 0.247 e. The third-order valence-corrected chi connectivity index (χ3v) is 4.98. The summed E-state index contributed by atoms with van der Waals surface area (Å²) in [6.45, 7) is 2.49. The molecule has 0 aliphatic carbocycles. The van der Waals surface area contributed by atoms with Crippen LogP contribution in [-0.2, 0) is 0 Å². The van der Waals surface area contributed by atoms with E-state index >= 15 is 0 Å². The van der Waals surface area contributed by atoms with Crippen LogP contribution in [0, 0.1) is 0 Å². The molecule has 1 aromatic carbocycles. The Bertz CT molecular complexity index is 1240. The molecule has 32 heavy (non-hydrogen) atoms. The second-order valence-electron chi connectivity index (χ2n) is 7.63. The highest BCUT2D eigenvalue weighted by Gasteiger charge is 2.15. The van der Waals surface area contributed by atoms with E-state index in [0.29, 0.717) is 31.6 Å². The summed E-state index contributed by atoms with van der Waals surface area (Å²) in [5.74, 6) is 2.54. The van der Waals surface area contributed by atoms with Gasteiger partial charge in [-0.1, -0.05) is 6.07 Å². The number of likely N-dealkylation sites (N-methyl/N-ethyl adjacent to an activating group) is 1. The van der Waals surface area contributed by atoms with Gasteiger partial charge < -0.3 is 24.4 Å². The lowest BCUT2D eigenvalue weighted by molar-refractivity contribution is 0.171. The number of aromatic nitrogens is 4. The first-order valence-corrected chi connectivity index (χ1v) is 10.4. The van der Waals surface area contributed by atoms with Gasteiger partial charge in [0.25, 0.3) is 0 Å². The van der Waals surface area contributed by atoms with E-state index in [2.05, 4.69) is 25.3 Å². The number of nitrogens with zero attached hydrogens (tertiary/aromatic N) is 5. The van der Waals surface area contributed by atoms with Crippen molar-refractivity contribution in [2.45, 2.75) is 0 Å². The highest BCUT2D eigenvalue weighted by Crippen LogP contribution is 2.34. The Morgan fingerprint density at radius 2 is 1.94 bits per heavy atom.